The number of methoxy groups -OCH3 is 2. The van der Waals surface area contributed by atoms with Crippen molar-refractivity contribution in [2.75, 3.05) is 20.8 Å². The van der Waals surface area contributed by atoms with Crippen LogP contribution in [0.3, 0.4) is 0 Å². The minimum Gasteiger partial charge on any atom is -0.496 e. The van der Waals surface area contributed by atoms with Gasteiger partial charge in [0.05, 0.1) is 14.2 Å². The summed E-state index contributed by atoms with van der Waals surface area (Å²) in [4.78, 5) is 0. The summed E-state index contributed by atoms with van der Waals surface area (Å²) in [6, 6.07) is 3.91. The number of hydrogen-bond acceptors (Lipinski definition) is 3. The fourth-order valence-corrected chi connectivity index (χ4v) is 2.78. The van der Waals surface area contributed by atoms with Gasteiger partial charge < -0.3 is 14.8 Å². The third kappa shape index (κ3) is 3.06. The third-order valence-electron chi connectivity index (χ3n) is 3.88. The molecule has 0 radical (unpaired) electrons. The van der Waals surface area contributed by atoms with Gasteiger partial charge in [-0.2, -0.15) is 0 Å². The van der Waals surface area contributed by atoms with Gasteiger partial charge in [0.25, 0.3) is 0 Å². The molecule has 0 amide bonds. The van der Waals surface area contributed by atoms with Gasteiger partial charge in [-0.25, -0.2) is 4.39 Å². The number of halogens is 1. The van der Waals surface area contributed by atoms with Crippen LogP contribution in [0.1, 0.15) is 50.3 Å². The fraction of sp³-hybridized carbons (Fsp3) is 0.625. The molecule has 1 aliphatic heterocycles. The summed E-state index contributed by atoms with van der Waals surface area (Å²) in [7, 11) is 3.20. The Labute approximate surface area is 120 Å². The topological polar surface area (TPSA) is 30.5 Å². The van der Waals surface area contributed by atoms with E-state index in [2.05, 4.69) is 5.32 Å². The Kier molecular flexibility index (Phi) is 4.53. The van der Waals surface area contributed by atoms with Crippen LogP contribution in [-0.4, -0.2) is 20.8 Å². The van der Waals surface area contributed by atoms with E-state index in [1.807, 2.05) is 6.07 Å². The summed E-state index contributed by atoms with van der Waals surface area (Å²) in [5.74, 6) is 1.29. The summed E-state index contributed by atoms with van der Waals surface area (Å²) in [5, 5.41) is 3.48. The second kappa shape index (κ2) is 6.00. The Morgan fingerprint density at radius 2 is 1.85 bits per heavy atom. The summed E-state index contributed by atoms with van der Waals surface area (Å²) in [6.07, 6.45) is 3.42. The number of alkyl halides is 1. The predicted molar refractivity (Wildman–Crippen MR) is 78.3 cm³/mol. The van der Waals surface area contributed by atoms with Crippen molar-refractivity contribution in [1.29, 1.82) is 0 Å². The molecule has 3 nitrogen and oxygen atoms in total. The van der Waals surface area contributed by atoms with Gasteiger partial charge in [0.15, 0.2) is 0 Å². The zero-order chi connectivity index (χ0) is 14.8. The van der Waals surface area contributed by atoms with Crippen molar-refractivity contribution in [3.63, 3.8) is 0 Å². The molecule has 1 heterocycles. The van der Waals surface area contributed by atoms with Crippen molar-refractivity contribution < 1.29 is 13.9 Å². The minimum absolute atomic E-state index is 0.228. The van der Waals surface area contributed by atoms with Gasteiger partial charge in [-0.15, -0.1) is 0 Å². The molecular formula is C16H24FNO2. The maximum atomic E-state index is 14.4. The van der Waals surface area contributed by atoms with Crippen molar-refractivity contribution in [1.82, 2.24) is 5.32 Å². The Hall–Kier alpha value is -1.29. The molecular weight excluding hydrogens is 257 g/mol. The number of hydrogen-bond donors (Lipinski definition) is 1. The van der Waals surface area contributed by atoms with Gasteiger partial charge in [-0.3, -0.25) is 0 Å². The van der Waals surface area contributed by atoms with Crippen molar-refractivity contribution in [2.45, 2.75) is 44.8 Å². The normalized spacial score (nSPS) is 19.8. The highest BCUT2D eigenvalue weighted by molar-refractivity contribution is 5.50. The van der Waals surface area contributed by atoms with Crippen LogP contribution in [0.5, 0.6) is 11.5 Å². The molecule has 1 N–H and O–H groups in total. The summed E-state index contributed by atoms with van der Waals surface area (Å²) < 4.78 is 25.2. The third-order valence-corrected chi connectivity index (χ3v) is 3.88. The van der Waals surface area contributed by atoms with E-state index in [1.54, 1.807) is 34.1 Å². The lowest BCUT2D eigenvalue weighted by Crippen LogP contribution is -2.27. The lowest BCUT2D eigenvalue weighted by molar-refractivity contribution is 0.212. The second-order valence-electron chi connectivity index (χ2n) is 5.77. The predicted octanol–water partition coefficient (Wildman–Crippen LogP) is 3.72. The Bertz CT molecular complexity index is 462. The van der Waals surface area contributed by atoms with E-state index in [-0.39, 0.29) is 6.04 Å². The van der Waals surface area contributed by atoms with E-state index in [9.17, 15) is 4.39 Å². The molecule has 0 spiro atoms. The van der Waals surface area contributed by atoms with Crippen molar-refractivity contribution in [3.05, 3.63) is 23.3 Å². The number of ether oxygens (including phenoxy) is 2. The molecule has 1 aromatic carbocycles. The van der Waals surface area contributed by atoms with E-state index in [1.165, 1.54) is 12.8 Å². The molecule has 112 valence electrons. The first-order valence-corrected chi connectivity index (χ1v) is 7.16. The zero-order valence-corrected chi connectivity index (χ0v) is 12.8. The zero-order valence-electron chi connectivity index (χ0n) is 12.8. The molecule has 0 bridgehead atoms. The first kappa shape index (κ1) is 15.1. The summed E-state index contributed by atoms with van der Waals surface area (Å²) in [5.41, 5.74) is 0.151. The maximum Gasteiger partial charge on any atom is 0.134 e. The smallest absolute Gasteiger partial charge is 0.134 e. The monoisotopic (exact) mass is 281 g/mol. The molecule has 1 saturated heterocycles. The molecule has 1 aromatic rings. The van der Waals surface area contributed by atoms with Gasteiger partial charge in [0.1, 0.15) is 17.2 Å². The molecule has 1 atom stereocenters. The van der Waals surface area contributed by atoms with Crippen LogP contribution >= 0.6 is 0 Å². The van der Waals surface area contributed by atoms with Crippen molar-refractivity contribution >= 4 is 0 Å². The van der Waals surface area contributed by atoms with Crippen LogP contribution in [0.4, 0.5) is 4.39 Å². The molecule has 20 heavy (non-hydrogen) atoms. The highest BCUT2D eigenvalue weighted by atomic mass is 19.1. The summed E-state index contributed by atoms with van der Waals surface area (Å²) in [6.45, 7) is 4.10. The van der Waals surface area contributed by atoms with E-state index < -0.39 is 5.67 Å². The summed E-state index contributed by atoms with van der Waals surface area (Å²) >= 11 is 0. The number of rotatable bonds is 4. The highest BCUT2D eigenvalue weighted by Gasteiger charge is 2.28. The molecule has 1 fully saturated rings. The van der Waals surface area contributed by atoms with E-state index in [0.29, 0.717) is 11.3 Å². The Balaban J connectivity index is 2.48. The van der Waals surface area contributed by atoms with Crippen molar-refractivity contribution in [2.24, 2.45) is 0 Å². The van der Waals surface area contributed by atoms with Crippen LogP contribution in [0.25, 0.3) is 0 Å². The highest BCUT2D eigenvalue weighted by Crippen LogP contribution is 2.40. The Morgan fingerprint density at radius 1 is 1.15 bits per heavy atom. The lowest BCUT2D eigenvalue weighted by atomic mass is 9.90. The molecule has 1 aliphatic rings. The molecule has 0 saturated carbocycles. The number of nitrogens with one attached hydrogen (secondary N) is 1. The Morgan fingerprint density at radius 3 is 2.35 bits per heavy atom. The number of benzene rings is 1. The standard InChI is InChI=1S/C16H24FNO2/c1-16(2,17)12-9-11(13-7-5-6-8-18-13)14(19-3)10-15(12)20-4/h9-10,13,18H,5-8H2,1-4H3. The largest absolute Gasteiger partial charge is 0.496 e. The number of piperidine rings is 1. The molecule has 0 aliphatic carbocycles. The molecule has 0 aromatic heterocycles. The average Bonchev–Trinajstić information content (AvgIpc) is 2.45. The first-order chi connectivity index (χ1) is 9.47. The van der Waals surface area contributed by atoms with E-state index in [4.69, 9.17) is 9.47 Å². The van der Waals surface area contributed by atoms with Crippen LogP contribution in [0.15, 0.2) is 12.1 Å². The molecule has 4 heteroatoms. The van der Waals surface area contributed by atoms with E-state index in [0.717, 1.165) is 24.3 Å². The van der Waals surface area contributed by atoms with Gasteiger partial charge in [0.2, 0.25) is 0 Å². The van der Waals surface area contributed by atoms with Crippen LogP contribution < -0.4 is 14.8 Å². The fourth-order valence-electron chi connectivity index (χ4n) is 2.78. The van der Waals surface area contributed by atoms with Gasteiger partial charge >= 0.3 is 0 Å². The molecule has 2 rings (SSSR count). The van der Waals surface area contributed by atoms with Gasteiger partial charge in [-0.1, -0.05) is 6.42 Å². The second-order valence-corrected chi connectivity index (χ2v) is 5.77. The van der Waals surface area contributed by atoms with Crippen LogP contribution in [0.2, 0.25) is 0 Å². The maximum absolute atomic E-state index is 14.4. The SMILES string of the molecule is COc1cc(OC)c(C(C)(C)F)cc1C1CCCCN1. The van der Waals surface area contributed by atoms with Crippen LogP contribution in [-0.2, 0) is 5.67 Å². The first-order valence-electron chi connectivity index (χ1n) is 7.16. The quantitative estimate of drug-likeness (QED) is 0.912. The van der Waals surface area contributed by atoms with Crippen LogP contribution in [0, 0.1) is 0 Å². The lowest BCUT2D eigenvalue weighted by Gasteiger charge is -2.28. The average molecular weight is 281 g/mol. The van der Waals surface area contributed by atoms with E-state index >= 15 is 0 Å². The van der Waals surface area contributed by atoms with Gasteiger partial charge in [0, 0.05) is 23.2 Å². The van der Waals surface area contributed by atoms with Crippen molar-refractivity contribution in [3.8, 4) is 11.5 Å². The minimum atomic E-state index is -1.44. The van der Waals surface area contributed by atoms with Gasteiger partial charge in [-0.05, 0) is 39.3 Å². The molecule has 1 unspecified atom stereocenters.